The van der Waals surface area contributed by atoms with Gasteiger partial charge < -0.3 is 11.1 Å². The second-order valence-electron chi connectivity index (χ2n) is 5.65. The highest BCUT2D eigenvalue weighted by Crippen LogP contribution is 2.24. The van der Waals surface area contributed by atoms with E-state index in [-0.39, 0.29) is 17.2 Å². The van der Waals surface area contributed by atoms with E-state index in [4.69, 9.17) is 5.73 Å². The molecule has 1 rings (SSSR count). The van der Waals surface area contributed by atoms with Crippen LogP contribution in [0.5, 0.6) is 0 Å². The standard InChI is InChI=1S/C13H21BrN2OS/c1-13(2,3)5-9(6-15)12(17)16-7-11-4-10(14)8-18-11/h4,8-9H,5-7,15H2,1-3H3,(H,16,17). The van der Waals surface area contributed by atoms with E-state index >= 15 is 0 Å². The van der Waals surface area contributed by atoms with Crippen molar-refractivity contribution >= 4 is 33.2 Å². The monoisotopic (exact) mass is 332 g/mol. The third kappa shape index (κ3) is 5.50. The number of nitrogens with two attached hydrogens (primary N) is 1. The number of nitrogens with one attached hydrogen (secondary N) is 1. The van der Waals surface area contributed by atoms with Crippen molar-refractivity contribution in [3.05, 3.63) is 20.8 Å². The van der Waals surface area contributed by atoms with Gasteiger partial charge in [-0.3, -0.25) is 4.79 Å². The number of thiophene rings is 1. The first-order valence-corrected chi connectivity index (χ1v) is 7.70. The summed E-state index contributed by atoms with van der Waals surface area (Å²) in [5.74, 6) is -0.0506. The molecule has 0 saturated carbocycles. The highest BCUT2D eigenvalue weighted by Gasteiger charge is 2.23. The first-order chi connectivity index (χ1) is 8.31. The number of amides is 1. The highest BCUT2D eigenvalue weighted by molar-refractivity contribution is 9.10. The summed E-state index contributed by atoms with van der Waals surface area (Å²) in [4.78, 5) is 13.2. The molecule has 1 heterocycles. The third-order valence-corrected chi connectivity index (χ3v) is 4.27. The van der Waals surface area contributed by atoms with Gasteiger partial charge in [-0.25, -0.2) is 0 Å². The van der Waals surface area contributed by atoms with Crippen molar-refractivity contribution in [1.82, 2.24) is 5.32 Å². The van der Waals surface area contributed by atoms with E-state index in [1.165, 1.54) is 0 Å². The first-order valence-electron chi connectivity index (χ1n) is 6.02. The van der Waals surface area contributed by atoms with E-state index in [2.05, 4.69) is 42.0 Å². The molecular weight excluding hydrogens is 312 g/mol. The van der Waals surface area contributed by atoms with Crippen molar-refractivity contribution in [1.29, 1.82) is 0 Å². The second-order valence-corrected chi connectivity index (χ2v) is 7.56. The van der Waals surface area contributed by atoms with Crippen LogP contribution in [0.25, 0.3) is 0 Å². The molecule has 0 radical (unpaired) electrons. The van der Waals surface area contributed by atoms with E-state index in [0.29, 0.717) is 13.1 Å². The van der Waals surface area contributed by atoms with Crippen LogP contribution in [-0.4, -0.2) is 12.5 Å². The van der Waals surface area contributed by atoms with Crippen molar-refractivity contribution in [3.8, 4) is 0 Å². The zero-order valence-corrected chi connectivity index (χ0v) is 13.5. The molecule has 0 bridgehead atoms. The summed E-state index contributed by atoms with van der Waals surface area (Å²) in [5.41, 5.74) is 5.81. The molecule has 18 heavy (non-hydrogen) atoms. The molecule has 0 aromatic carbocycles. The van der Waals surface area contributed by atoms with E-state index in [1.54, 1.807) is 11.3 Å². The van der Waals surface area contributed by atoms with E-state index in [0.717, 1.165) is 15.8 Å². The van der Waals surface area contributed by atoms with Gasteiger partial charge in [0.05, 0.1) is 12.5 Å². The molecule has 0 aliphatic rings. The molecule has 3 N–H and O–H groups in total. The topological polar surface area (TPSA) is 55.1 Å². The van der Waals surface area contributed by atoms with Crippen LogP contribution >= 0.6 is 27.3 Å². The zero-order chi connectivity index (χ0) is 13.8. The molecule has 5 heteroatoms. The number of carbonyl (C=O) groups is 1. The van der Waals surface area contributed by atoms with Gasteiger partial charge in [0.1, 0.15) is 0 Å². The van der Waals surface area contributed by atoms with Crippen LogP contribution in [-0.2, 0) is 11.3 Å². The SMILES string of the molecule is CC(C)(C)CC(CN)C(=O)NCc1cc(Br)cs1. The Labute approximate surface area is 121 Å². The minimum absolute atomic E-state index is 0.0527. The fourth-order valence-corrected chi connectivity index (χ4v) is 3.18. The Kier molecular flexibility index (Phi) is 5.82. The lowest BCUT2D eigenvalue weighted by molar-refractivity contribution is -0.125. The van der Waals surface area contributed by atoms with Crippen LogP contribution in [0.1, 0.15) is 32.1 Å². The predicted octanol–water partition coefficient (Wildman–Crippen LogP) is 3.14. The Hall–Kier alpha value is -0.390. The van der Waals surface area contributed by atoms with E-state index in [1.807, 2.05) is 11.4 Å². The molecule has 1 aromatic heterocycles. The van der Waals surface area contributed by atoms with Gasteiger partial charge in [0.2, 0.25) is 5.91 Å². The van der Waals surface area contributed by atoms with Crippen molar-refractivity contribution in [2.75, 3.05) is 6.54 Å². The smallest absolute Gasteiger partial charge is 0.224 e. The van der Waals surface area contributed by atoms with Crippen molar-refractivity contribution in [3.63, 3.8) is 0 Å². The van der Waals surface area contributed by atoms with Crippen LogP contribution in [0.15, 0.2) is 15.9 Å². The largest absolute Gasteiger partial charge is 0.351 e. The molecule has 1 atom stereocenters. The Morgan fingerprint density at radius 2 is 2.22 bits per heavy atom. The Bertz CT molecular complexity index is 398. The van der Waals surface area contributed by atoms with Gasteiger partial charge in [-0.2, -0.15) is 0 Å². The molecule has 0 aliphatic carbocycles. The quantitative estimate of drug-likeness (QED) is 0.870. The normalized spacial score (nSPS) is 13.4. The maximum absolute atomic E-state index is 12.0. The number of hydrogen-bond donors (Lipinski definition) is 2. The van der Waals surface area contributed by atoms with Gasteiger partial charge in [0, 0.05) is 21.3 Å². The summed E-state index contributed by atoms with van der Waals surface area (Å²) >= 11 is 5.03. The average Bonchev–Trinajstić information content (AvgIpc) is 2.67. The lowest BCUT2D eigenvalue weighted by atomic mass is 9.84. The zero-order valence-electron chi connectivity index (χ0n) is 11.1. The van der Waals surface area contributed by atoms with Crippen molar-refractivity contribution in [2.24, 2.45) is 17.1 Å². The number of carbonyl (C=O) groups excluding carboxylic acids is 1. The summed E-state index contributed by atoms with van der Waals surface area (Å²) in [5, 5.41) is 4.97. The maximum Gasteiger partial charge on any atom is 0.224 e. The Morgan fingerprint density at radius 3 is 2.67 bits per heavy atom. The van der Waals surface area contributed by atoms with Crippen LogP contribution in [0.2, 0.25) is 0 Å². The molecule has 1 amide bonds. The van der Waals surface area contributed by atoms with Crippen LogP contribution in [0.3, 0.4) is 0 Å². The van der Waals surface area contributed by atoms with Gasteiger partial charge in [-0.15, -0.1) is 11.3 Å². The highest BCUT2D eigenvalue weighted by atomic mass is 79.9. The van der Waals surface area contributed by atoms with Crippen LogP contribution in [0, 0.1) is 11.3 Å². The van der Waals surface area contributed by atoms with Crippen molar-refractivity contribution < 1.29 is 4.79 Å². The lowest BCUT2D eigenvalue weighted by Gasteiger charge is -2.24. The summed E-state index contributed by atoms with van der Waals surface area (Å²) in [6, 6.07) is 2.02. The van der Waals surface area contributed by atoms with Crippen molar-refractivity contribution in [2.45, 2.75) is 33.7 Å². The molecule has 0 aliphatic heterocycles. The molecule has 102 valence electrons. The molecule has 1 unspecified atom stereocenters. The molecule has 0 fully saturated rings. The fraction of sp³-hybridized carbons (Fsp3) is 0.615. The van der Waals surface area contributed by atoms with Gasteiger partial charge >= 0.3 is 0 Å². The molecule has 0 spiro atoms. The fourth-order valence-electron chi connectivity index (χ4n) is 1.79. The Morgan fingerprint density at radius 1 is 1.56 bits per heavy atom. The van der Waals surface area contributed by atoms with E-state index < -0.39 is 0 Å². The van der Waals surface area contributed by atoms with E-state index in [9.17, 15) is 4.79 Å². The van der Waals surface area contributed by atoms with Gasteiger partial charge in [-0.05, 0) is 33.8 Å². The average molecular weight is 333 g/mol. The number of halogens is 1. The molecule has 1 aromatic rings. The number of hydrogen-bond acceptors (Lipinski definition) is 3. The molecular formula is C13H21BrN2OS. The molecule has 0 saturated heterocycles. The third-order valence-electron chi connectivity index (χ3n) is 2.57. The molecule has 3 nitrogen and oxygen atoms in total. The first kappa shape index (κ1) is 15.7. The van der Waals surface area contributed by atoms with Gasteiger partial charge in [0.15, 0.2) is 0 Å². The van der Waals surface area contributed by atoms with Crippen LogP contribution < -0.4 is 11.1 Å². The lowest BCUT2D eigenvalue weighted by Crippen LogP contribution is -2.36. The minimum Gasteiger partial charge on any atom is -0.351 e. The second kappa shape index (κ2) is 6.68. The van der Waals surface area contributed by atoms with Gasteiger partial charge in [0.25, 0.3) is 0 Å². The summed E-state index contributed by atoms with van der Waals surface area (Å²) in [6.45, 7) is 7.35. The summed E-state index contributed by atoms with van der Waals surface area (Å²) in [6.07, 6.45) is 0.809. The predicted molar refractivity (Wildman–Crippen MR) is 80.5 cm³/mol. The summed E-state index contributed by atoms with van der Waals surface area (Å²) in [7, 11) is 0. The Balaban J connectivity index is 2.47. The minimum atomic E-state index is -0.103. The maximum atomic E-state index is 12.0. The van der Waals surface area contributed by atoms with Crippen LogP contribution in [0.4, 0.5) is 0 Å². The van der Waals surface area contributed by atoms with Gasteiger partial charge in [-0.1, -0.05) is 20.8 Å². The number of rotatable bonds is 5. The summed E-state index contributed by atoms with van der Waals surface area (Å²) < 4.78 is 1.06.